The standard InChI is InChI=1S/C11H14FN.ClH/c12-6-10-7-13-8-11(10)9-4-2-1-3-5-9;/h1-5,10-11,13H,6-8H2;1H. The van der Waals surface area contributed by atoms with Crippen LogP contribution in [-0.4, -0.2) is 19.8 Å². The number of hydrogen-bond donors (Lipinski definition) is 1. The summed E-state index contributed by atoms with van der Waals surface area (Å²) >= 11 is 0. The Bertz CT molecular complexity index is 265. The molecule has 1 nitrogen and oxygen atoms in total. The minimum absolute atomic E-state index is 0. The van der Waals surface area contributed by atoms with Crippen LogP contribution in [0.5, 0.6) is 0 Å². The maximum Gasteiger partial charge on any atom is 0.0941 e. The average molecular weight is 216 g/mol. The lowest BCUT2D eigenvalue weighted by Crippen LogP contribution is -2.12. The molecule has 1 fully saturated rings. The van der Waals surface area contributed by atoms with Crippen molar-refractivity contribution in [1.82, 2.24) is 5.32 Å². The molecular formula is C11H15ClFN. The summed E-state index contributed by atoms with van der Waals surface area (Å²) in [4.78, 5) is 0. The van der Waals surface area contributed by atoms with Crippen LogP contribution in [0.4, 0.5) is 4.39 Å². The quantitative estimate of drug-likeness (QED) is 0.799. The Hall–Kier alpha value is -0.600. The van der Waals surface area contributed by atoms with E-state index >= 15 is 0 Å². The number of rotatable bonds is 2. The normalized spacial score (nSPS) is 25.8. The Balaban J connectivity index is 0.000000980. The number of halogens is 2. The zero-order chi connectivity index (χ0) is 9.10. The smallest absolute Gasteiger partial charge is 0.0941 e. The van der Waals surface area contributed by atoms with E-state index in [0.29, 0.717) is 5.92 Å². The molecular weight excluding hydrogens is 201 g/mol. The fourth-order valence-corrected chi connectivity index (χ4v) is 1.99. The van der Waals surface area contributed by atoms with E-state index in [1.54, 1.807) is 0 Å². The first-order chi connectivity index (χ1) is 6.42. The van der Waals surface area contributed by atoms with Crippen molar-refractivity contribution in [2.45, 2.75) is 5.92 Å². The molecule has 0 aliphatic carbocycles. The Kier molecular flexibility index (Phi) is 4.36. The van der Waals surface area contributed by atoms with Gasteiger partial charge in [-0.3, -0.25) is 4.39 Å². The van der Waals surface area contributed by atoms with E-state index in [1.165, 1.54) is 5.56 Å². The van der Waals surface area contributed by atoms with Gasteiger partial charge in [0, 0.05) is 24.9 Å². The van der Waals surface area contributed by atoms with Crippen LogP contribution in [0.25, 0.3) is 0 Å². The second kappa shape index (κ2) is 5.32. The molecule has 78 valence electrons. The molecule has 0 aromatic heterocycles. The number of hydrogen-bond acceptors (Lipinski definition) is 1. The monoisotopic (exact) mass is 215 g/mol. The van der Waals surface area contributed by atoms with Gasteiger partial charge in [-0.25, -0.2) is 0 Å². The highest BCUT2D eigenvalue weighted by Gasteiger charge is 2.27. The van der Waals surface area contributed by atoms with E-state index in [1.807, 2.05) is 18.2 Å². The topological polar surface area (TPSA) is 12.0 Å². The minimum atomic E-state index is -0.216. The number of alkyl halides is 1. The lowest BCUT2D eigenvalue weighted by molar-refractivity contribution is 0.358. The summed E-state index contributed by atoms with van der Waals surface area (Å²) in [7, 11) is 0. The number of nitrogens with one attached hydrogen (secondary N) is 1. The van der Waals surface area contributed by atoms with Gasteiger partial charge >= 0.3 is 0 Å². The van der Waals surface area contributed by atoms with Gasteiger partial charge in [-0.05, 0) is 5.56 Å². The van der Waals surface area contributed by atoms with Gasteiger partial charge in [0.2, 0.25) is 0 Å². The summed E-state index contributed by atoms with van der Waals surface area (Å²) in [5.41, 5.74) is 1.26. The van der Waals surface area contributed by atoms with Crippen molar-refractivity contribution in [3.63, 3.8) is 0 Å². The minimum Gasteiger partial charge on any atom is -0.316 e. The molecule has 0 saturated carbocycles. The van der Waals surface area contributed by atoms with E-state index in [4.69, 9.17) is 0 Å². The summed E-state index contributed by atoms with van der Waals surface area (Å²) < 4.78 is 12.6. The Morgan fingerprint density at radius 3 is 2.57 bits per heavy atom. The summed E-state index contributed by atoms with van der Waals surface area (Å²) in [6, 6.07) is 10.2. The molecule has 3 heteroatoms. The first kappa shape index (κ1) is 11.5. The molecule has 1 N–H and O–H groups in total. The number of benzene rings is 1. The van der Waals surface area contributed by atoms with Crippen LogP contribution < -0.4 is 5.32 Å². The molecule has 2 unspecified atom stereocenters. The van der Waals surface area contributed by atoms with E-state index in [0.717, 1.165) is 13.1 Å². The van der Waals surface area contributed by atoms with Crippen LogP contribution in [0.2, 0.25) is 0 Å². The molecule has 1 aliphatic heterocycles. The first-order valence-electron chi connectivity index (χ1n) is 4.73. The van der Waals surface area contributed by atoms with Gasteiger partial charge in [0.1, 0.15) is 0 Å². The predicted molar refractivity (Wildman–Crippen MR) is 58.8 cm³/mol. The molecule has 0 radical (unpaired) electrons. The van der Waals surface area contributed by atoms with E-state index in [2.05, 4.69) is 17.4 Å². The fraction of sp³-hybridized carbons (Fsp3) is 0.455. The van der Waals surface area contributed by atoms with Gasteiger partial charge in [0.15, 0.2) is 0 Å². The third kappa shape index (κ3) is 2.25. The summed E-state index contributed by atoms with van der Waals surface area (Å²) in [5.74, 6) is 0.536. The molecule has 2 rings (SSSR count). The second-order valence-corrected chi connectivity index (χ2v) is 3.59. The summed E-state index contributed by atoms with van der Waals surface area (Å²) in [6.45, 7) is 1.52. The van der Waals surface area contributed by atoms with Gasteiger partial charge in [0.25, 0.3) is 0 Å². The van der Waals surface area contributed by atoms with Crippen LogP contribution in [0, 0.1) is 5.92 Å². The molecule has 1 heterocycles. The molecule has 1 saturated heterocycles. The van der Waals surface area contributed by atoms with Crippen LogP contribution in [0.3, 0.4) is 0 Å². The van der Waals surface area contributed by atoms with Crippen molar-refractivity contribution in [2.24, 2.45) is 5.92 Å². The Morgan fingerprint density at radius 1 is 1.21 bits per heavy atom. The van der Waals surface area contributed by atoms with Gasteiger partial charge in [-0.1, -0.05) is 30.3 Å². The molecule has 1 aliphatic rings. The molecule has 1 aromatic carbocycles. The Morgan fingerprint density at radius 2 is 1.93 bits per heavy atom. The molecule has 0 amide bonds. The molecule has 14 heavy (non-hydrogen) atoms. The SMILES string of the molecule is Cl.FCC1CNCC1c1ccccc1. The highest BCUT2D eigenvalue weighted by molar-refractivity contribution is 5.85. The van der Waals surface area contributed by atoms with Crippen LogP contribution in [-0.2, 0) is 0 Å². The van der Waals surface area contributed by atoms with Gasteiger partial charge < -0.3 is 5.32 Å². The largest absolute Gasteiger partial charge is 0.316 e. The van der Waals surface area contributed by atoms with E-state index < -0.39 is 0 Å². The zero-order valence-electron chi connectivity index (χ0n) is 7.95. The van der Waals surface area contributed by atoms with Crippen molar-refractivity contribution >= 4 is 12.4 Å². The fourth-order valence-electron chi connectivity index (χ4n) is 1.99. The van der Waals surface area contributed by atoms with Crippen LogP contribution >= 0.6 is 12.4 Å². The van der Waals surface area contributed by atoms with Crippen molar-refractivity contribution in [3.05, 3.63) is 35.9 Å². The highest BCUT2D eigenvalue weighted by Crippen LogP contribution is 2.27. The van der Waals surface area contributed by atoms with Gasteiger partial charge in [0.05, 0.1) is 6.67 Å². The van der Waals surface area contributed by atoms with Gasteiger partial charge in [-0.15, -0.1) is 12.4 Å². The third-order valence-electron chi connectivity index (χ3n) is 2.77. The van der Waals surface area contributed by atoms with E-state index in [-0.39, 0.29) is 25.0 Å². The van der Waals surface area contributed by atoms with Crippen molar-refractivity contribution < 1.29 is 4.39 Å². The third-order valence-corrected chi connectivity index (χ3v) is 2.77. The van der Waals surface area contributed by atoms with Gasteiger partial charge in [-0.2, -0.15) is 0 Å². The molecule has 0 bridgehead atoms. The van der Waals surface area contributed by atoms with E-state index in [9.17, 15) is 4.39 Å². The highest BCUT2D eigenvalue weighted by atomic mass is 35.5. The van der Waals surface area contributed by atoms with Crippen molar-refractivity contribution in [2.75, 3.05) is 19.8 Å². The zero-order valence-corrected chi connectivity index (χ0v) is 8.77. The van der Waals surface area contributed by atoms with Crippen LogP contribution in [0.1, 0.15) is 11.5 Å². The molecule has 1 aromatic rings. The van der Waals surface area contributed by atoms with Crippen LogP contribution in [0.15, 0.2) is 30.3 Å². The predicted octanol–water partition coefficient (Wildman–Crippen LogP) is 2.38. The lowest BCUT2D eigenvalue weighted by Gasteiger charge is -2.15. The maximum absolute atomic E-state index is 12.6. The van der Waals surface area contributed by atoms with Crippen molar-refractivity contribution in [1.29, 1.82) is 0 Å². The lowest BCUT2D eigenvalue weighted by atomic mass is 9.90. The summed E-state index contributed by atoms with van der Waals surface area (Å²) in [5, 5.41) is 3.23. The molecule has 2 atom stereocenters. The van der Waals surface area contributed by atoms with Crippen molar-refractivity contribution in [3.8, 4) is 0 Å². The summed E-state index contributed by atoms with van der Waals surface area (Å²) in [6.07, 6.45) is 0. The molecule has 0 spiro atoms. The Labute approximate surface area is 90.1 Å². The second-order valence-electron chi connectivity index (χ2n) is 3.59. The maximum atomic E-state index is 12.6. The average Bonchev–Trinajstić information content (AvgIpc) is 2.67. The first-order valence-corrected chi connectivity index (χ1v) is 4.73.